The van der Waals surface area contributed by atoms with Crippen LogP contribution in [0.1, 0.15) is 31.6 Å². The molecule has 2 atom stereocenters. The second-order valence-corrected chi connectivity index (χ2v) is 6.73. The Labute approximate surface area is 146 Å². The number of nitrogens with one attached hydrogen (secondary N) is 2. The van der Waals surface area contributed by atoms with Crippen molar-refractivity contribution in [2.75, 3.05) is 6.54 Å². The molecule has 1 aromatic heterocycles. The van der Waals surface area contributed by atoms with E-state index in [1.165, 1.54) is 11.3 Å². The van der Waals surface area contributed by atoms with Crippen LogP contribution >= 0.6 is 11.3 Å². The molecule has 0 bridgehead atoms. The SMILES string of the molecule is O=C1NCC1NC(=O)C(c1cccs1)N1C(=O)c2ccccc2C1=O. The van der Waals surface area contributed by atoms with Crippen LogP contribution in [0.15, 0.2) is 41.8 Å². The lowest BCUT2D eigenvalue weighted by molar-refractivity contribution is -0.134. The Morgan fingerprint density at radius 2 is 1.80 bits per heavy atom. The van der Waals surface area contributed by atoms with Crippen LogP contribution in [0.4, 0.5) is 0 Å². The summed E-state index contributed by atoms with van der Waals surface area (Å²) in [6, 6.07) is 8.19. The predicted octanol–water partition coefficient (Wildman–Crippen LogP) is 0.700. The summed E-state index contributed by atoms with van der Waals surface area (Å²) in [4.78, 5) is 51.2. The van der Waals surface area contributed by atoms with Crippen LogP contribution in [0.5, 0.6) is 0 Å². The number of carbonyl (C=O) groups is 4. The largest absolute Gasteiger partial charge is 0.352 e. The Bertz CT molecular complexity index is 858. The first-order chi connectivity index (χ1) is 12.1. The Morgan fingerprint density at radius 1 is 1.12 bits per heavy atom. The zero-order valence-electron chi connectivity index (χ0n) is 12.9. The number of imide groups is 1. The molecular weight excluding hydrogens is 342 g/mol. The molecule has 2 aromatic rings. The Balaban J connectivity index is 1.70. The molecule has 1 aromatic carbocycles. The van der Waals surface area contributed by atoms with Gasteiger partial charge < -0.3 is 10.6 Å². The predicted molar refractivity (Wildman–Crippen MR) is 88.9 cm³/mol. The highest BCUT2D eigenvalue weighted by Gasteiger charge is 2.45. The molecule has 3 heterocycles. The minimum Gasteiger partial charge on any atom is -0.352 e. The molecule has 126 valence electrons. The molecule has 2 aliphatic heterocycles. The zero-order valence-corrected chi connectivity index (χ0v) is 13.7. The van der Waals surface area contributed by atoms with Crippen LogP contribution in [0.25, 0.3) is 0 Å². The average Bonchev–Trinajstić information content (AvgIpc) is 3.22. The fourth-order valence-corrected chi connectivity index (χ4v) is 3.73. The summed E-state index contributed by atoms with van der Waals surface area (Å²) >= 11 is 1.28. The summed E-state index contributed by atoms with van der Waals surface area (Å²) in [5.41, 5.74) is 0.562. The molecule has 8 heteroatoms. The zero-order chi connectivity index (χ0) is 17.6. The van der Waals surface area contributed by atoms with E-state index in [1.807, 2.05) is 0 Å². The molecule has 1 fully saturated rings. The lowest BCUT2D eigenvalue weighted by Crippen LogP contribution is -2.63. The Kier molecular flexibility index (Phi) is 3.61. The second-order valence-electron chi connectivity index (χ2n) is 5.75. The highest BCUT2D eigenvalue weighted by Crippen LogP contribution is 2.33. The van der Waals surface area contributed by atoms with Gasteiger partial charge in [-0.1, -0.05) is 18.2 Å². The molecule has 0 aliphatic carbocycles. The minimum absolute atomic E-state index is 0.277. The Hall–Kier alpha value is -3.00. The third-order valence-corrected chi connectivity index (χ3v) is 5.18. The number of thiophene rings is 1. The highest BCUT2D eigenvalue weighted by atomic mass is 32.1. The van der Waals surface area contributed by atoms with Crippen LogP contribution in [0.2, 0.25) is 0 Å². The number of amides is 4. The lowest BCUT2D eigenvalue weighted by atomic mass is 10.1. The maximum atomic E-state index is 12.8. The van der Waals surface area contributed by atoms with Crippen LogP contribution in [-0.2, 0) is 9.59 Å². The first-order valence-electron chi connectivity index (χ1n) is 7.66. The van der Waals surface area contributed by atoms with E-state index in [4.69, 9.17) is 0 Å². The molecule has 2 unspecified atom stereocenters. The van der Waals surface area contributed by atoms with Gasteiger partial charge in [0.2, 0.25) is 11.8 Å². The number of β-lactam (4-membered cyclic amide) rings is 1. The molecular formula is C17H13N3O4S. The van der Waals surface area contributed by atoms with Crippen LogP contribution in [0, 0.1) is 0 Å². The third kappa shape index (κ3) is 2.42. The van der Waals surface area contributed by atoms with Crippen molar-refractivity contribution in [1.82, 2.24) is 15.5 Å². The van der Waals surface area contributed by atoms with E-state index >= 15 is 0 Å². The van der Waals surface area contributed by atoms with Crippen molar-refractivity contribution in [1.29, 1.82) is 0 Å². The lowest BCUT2D eigenvalue weighted by Gasteiger charge is -2.30. The fourth-order valence-electron chi connectivity index (χ4n) is 2.92. The van der Waals surface area contributed by atoms with E-state index in [-0.39, 0.29) is 17.0 Å². The topological polar surface area (TPSA) is 95.6 Å². The molecule has 0 saturated carbocycles. The maximum Gasteiger partial charge on any atom is 0.262 e. The number of hydrogen-bond donors (Lipinski definition) is 2. The molecule has 7 nitrogen and oxygen atoms in total. The molecule has 0 radical (unpaired) electrons. The van der Waals surface area contributed by atoms with E-state index in [2.05, 4.69) is 10.6 Å². The Morgan fingerprint density at radius 3 is 2.28 bits per heavy atom. The second kappa shape index (κ2) is 5.82. The van der Waals surface area contributed by atoms with E-state index in [0.717, 1.165) is 4.90 Å². The molecule has 4 amide bonds. The van der Waals surface area contributed by atoms with Crippen molar-refractivity contribution < 1.29 is 19.2 Å². The molecule has 25 heavy (non-hydrogen) atoms. The number of carbonyl (C=O) groups excluding carboxylic acids is 4. The van der Waals surface area contributed by atoms with Crippen molar-refractivity contribution >= 4 is 35.0 Å². The average molecular weight is 355 g/mol. The van der Waals surface area contributed by atoms with E-state index in [9.17, 15) is 19.2 Å². The van der Waals surface area contributed by atoms with Crippen molar-refractivity contribution in [2.45, 2.75) is 12.1 Å². The van der Waals surface area contributed by atoms with Gasteiger partial charge in [0.05, 0.1) is 11.1 Å². The number of hydrogen-bond acceptors (Lipinski definition) is 5. The van der Waals surface area contributed by atoms with Crippen LogP contribution in [-0.4, -0.2) is 41.1 Å². The van der Waals surface area contributed by atoms with E-state index < -0.39 is 29.8 Å². The quantitative estimate of drug-likeness (QED) is 0.623. The van der Waals surface area contributed by atoms with Crippen LogP contribution in [0.3, 0.4) is 0 Å². The standard InChI is InChI=1S/C17H13N3O4S/c21-14-11(8-18-14)19-15(22)13(12-6-3-7-25-12)20-16(23)9-4-1-2-5-10(9)17(20)24/h1-7,11,13H,8H2,(H,18,21)(H,19,22). The number of nitrogens with zero attached hydrogens (tertiary/aromatic N) is 1. The number of rotatable bonds is 4. The third-order valence-electron chi connectivity index (χ3n) is 4.26. The van der Waals surface area contributed by atoms with Crippen molar-refractivity contribution in [3.05, 3.63) is 57.8 Å². The summed E-state index contributed by atoms with van der Waals surface area (Å²) in [7, 11) is 0. The van der Waals surface area contributed by atoms with Gasteiger partial charge in [0, 0.05) is 11.4 Å². The van der Waals surface area contributed by atoms with Gasteiger partial charge in [0.15, 0.2) is 6.04 Å². The first kappa shape index (κ1) is 15.5. The van der Waals surface area contributed by atoms with E-state index in [1.54, 1.807) is 41.8 Å². The van der Waals surface area contributed by atoms with Gasteiger partial charge in [-0.05, 0) is 23.6 Å². The van der Waals surface area contributed by atoms with Gasteiger partial charge in [-0.25, -0.2) is 0 Å². The van der Waals surface area contributed by atoms with Gasteiger partial charge in [-0.15, -0.1) is 11.3 Å². The number of fused-ring (bicyclic) bond motifs is 1. The molecule has 0 spiro atoms. The van der Waals surface area contributed by atoms with Gasteiger partial charge in [-0.3, -0.25) is 24.1 Å². The molecule has 1 saturated heterocycles. The summed E-state index contributed by atoms with van der Waals surface area (Å²) in [5.74, 6) is -1.84. The van der Waals surface area contributed by atoms with Gasteiger partial charge >= 0.3 is 0 Å². The summed E-state index contributed by atoms with van der Waals surface area (Å²) in [6.45, 7) is 0.337. The summed E-state index contributed by atoms with van der Waals surface area (Å²) in [6.07, 6.45) is 0. The normalized spacial score (nSPS) is 19.9. The molecule has 2 N–H and O–H groups in total. The smallest absolute Gasteiger partial charge is 0.262 e. The van der Waals surface area contributed by atoms with Gasteiger partial charge in [-0.2, -0.15) is 0 Å². The van der Waals surface area contributed by atoms with Gasteiger partial charge in [0.25, 0.3) is 11.8 Å². The highest BCUT2D eigenvalue weighted by molar-refractivity contribution is 7.10. The molecule has 4 rings (SSSR count). The molecule has 2 aliphatic rings. The maximum absolute atomic E-state index is 12.8. The monoisotopic (exact) mass is 355 g/mol. The fraction of sp³-hybridized carbons (Fsp3) is 0.176. The van der Waals surface area contributed by atoms with Crippen molar-refractivity contribution in [3.63, 3.8) is 0 Å². The van der Waals surface area contributed by atoms with Crippen molar-refractivity contribution in [3.8, 4) is 0 Å². The minimum atomic E-state index is -1.10. The van der Waals surface area contributed by atoms with Gasteiger partial charge in [0.1, 0.15) is 6.04 Å². The number of benzene rings is 1. The van der Waals surface area contributed by atoms with Crippen molar-refractivity contribution in [2.24, 2.45) is 0 Å². The van der Waals surface area contributed by atoms with E-state index in [0.29, 0.717) is 11.4 Å². The summed E-state index contributed by atoms with van der Waals surface area (Å²) in [5, 5.41) is 6.92. The summed E-state index contributed by atoms with van der Waals surface area (Å²) < 4.78 is 0. The van der Waals surface area contributed by atoms with Crippen LogP contribution < -0.4 is 10.6 Å². The first-order valence-corrected chi connectivity index (χ1v) is 8.54.